The van der Waals surface area contributed by atoms with E-state index in [1.54, 1.807) is 6.92 Å². The fourth-order valence-electron chi connectivity index (χ4n) is 2.18. The van der Waals surface area contributed by atoms with Gasteiger partial charge >= 0.3 is 12.2 Å². The number of urea groups is 1. The van der Waals surface area contributed by atoms with E-state index in [-0.39, 0.29) is 30.6 Å². The highest BCUT2D eigenvalue weighted by Crippen LogP contribution is 2.35. The Morgan fingerprint density at radius 2 is 2.00 bits per heavy atom. The maximum Gasteiger partial charge on any atom is 0.416 e. The van der Waals surface area contributed by atoms with Crippen molar-refractivity contribution in [1.29, 1.82) is 0 Å². The molecule has 0 aromatic heterocycles. The van der Waals surface area contributed by atoms with Crippen LogP contribution in [-0.2, 0) is 6.18 Å². The van der Waals surface area contributed by atoms with E-state index in [1.807, 2.05) is 13.8 Å². The second kappa shape index (κ2) is 8.77. The molecule has 0 fully saturated rings. The van der Waals surface area contributed by atoms with Crippen molar-refractivity contribution >= 4 is 11.7 Å². The van der Waals surface area contributed by atoms with Crippen molar-refractivity contribution in [2.45, 2.75) is 39.4 Å². The van der Waals surface area contributed by atoms with Crippen LogP contribution < -0.4 is 15.4 Å². The van der Waals surface area contributed by atoms with Gasteiger partial charge in [-0.05, 0) is 37.5 Å². The van der Waals surface area contributed by atoms with Gasteiger partial charge in [-0.2, -0.15) is 13.2 Å². The first kappa shape index (κ1) is 20.1. The van der Waals surface area contributed by atoms with Gasteiger partial charge in [-0.15, -0.1) is 0 Å². The Morgan fingerprint density at radius 1 is 1.33 bits per heavy atom. The molecule has 136 valence electrons. The zero-order chi connectivity index (χ0) is 18.3. The number of aliphatic hydroxyl groups is 1. The Morgan fingerprint density at radius 3 is 2.50 bits per heavy atom. The van der Waals surface area contributed by atoms with Crippen LogP contribution in [0.4, 0.5) is 23.7 Å². The number of carbonyl (C=O) groups excluding carboxylic acids is 1. The zero-order valence-corrected chi connectivity index (χ0v) is 13.9. The van der Waals surface area contributed by atoms with Gasteiger partial charge in [0.05, 0.1) is 30.5 Å². The molecule has 1 unspecified atom stereocenters. The Kier molecular flexibility index (Phi) is 7.34. The van der Waals surface area contributed by atoms with E-state index in [9.17, 15) is 23.1 Å². The van der Waals surface area contributed by atoms with Gasteiger partial charge in [0.25, 0.3) is 0 Å². The predicted molar refractivity (Wildman–Crippen MR) is 85.1 cm³/mol. The largest absolute Gasteiger partial charge is 0.492 e. The van der Waals surface area contributed by atoms with E-state index in [4.69, 9.17) is 4.74 Å². The number of carbonyl (C=O) groups is 1. The summed E-state index contributed by atoms with van der Waals surface area (Å²) in [5, 5.41) is 14.2. The van der Waals surface area contributed by atoms with Gasteiger partial charge in [-0.3, -0.25) is 0 Å². The van der Waals surface area contributed by atoms with Crippen LogP contribution in [-0.4, -0.2) is 30.4 Å². The molecule has 1 rings (SSSR count). The number of anilines is 1. The Labute approximate surface area is 139 Å². The van der Waals surface area contributed by atoms with Crippen LogP contribution in [0.3, 0.4) is 0 Å². The summed E-state index contributed by atoms with van der Waals surface area (Å²) >= 11 is 0. The SMILES string of the molecule is CCOc1ccc(C(F)(F)F)cc1NC(=O)NC(CO)CC(C)C. The highest BCUT2D eigenvalue weighted by molar-refractivity contribution is 5.91. The summed E-state index contributed by atoms with van der Waals surface area (Å²) in [4.78, 5) is 12.0. The van der Waals surface area contributed by atoms with Crippen molar-refractivity contribution < 1.29 is 27.8 Å². The normalized spacial score (nSPS) is 12.8. The van der Waals surface area contributed by atoms with Gasteiger partial charge < -0.3 is 20.5 Å². The lowest BCUT2D eigenvalue weighted by molar-refractivity contribution is -0.137. The van der Waals surface area contributed by atoms with Gasteiger partial charge in [-0.25, -0.2) is 4.79 Å². The van der Waals surface area contributed by atoms with E-state index >= 15 is 0 Å². The lowest BCUT2D eigenvalue weighted by atomic mass is 10.0. The van der Waals surface area contributed by atoms with E-state index in [0.717, 1.165) is 12.1 Å². The number of benzene rings is 1. The molecule has 1 aromatic carbocycles. The molecule has 0 saturated carbocycles. The summed E-state index contributed by atoms with van der Waals surface area (Å²) in [6.45, 7) is 5.54. The highest BCUT2D eigenvalue weighted by atomic mass is 19.4. The van der Waals surface area contributed by atoms with E-state index < -0.39 is 23.8 Å². The third kappa shape index (κ3) is 6.27. The van der Waals surface area contributed by atoms with Crippen LogP contribution in [0.5, 0.6) is 5.75 Å². The van der Waals surface area contributed by atoms with Crippen LogP contribution in [0.1, 0.15) is 32.8 Å². The molecule has 5 nitrogen and oxygen atoms in total. The Hall–Kier alpha value is -1.96. The summed E-state index contributed by atoms with van der Waals surface area (Å²) in [6.07, 6.45) is -3.98. The molecule has 0 heterocycles. The quantitative estimate of drug-likeness (QED) is 0.705. The monoisotopic (exact) mass is 348 g/mol. The van der Waals surface area contributed by atoms with Crippen LogP contribution in [0.25, 0.3) is 0 Å². The summed E-state index contributed by atoms with van der Waals surface area (Å²) in [5.74, 6) is 0.389. The van der Waals surface area contributed by atoms with Crippen molar-refractivity contribution in [3.63, 3.8) is 0 Å². The molecule has 0 aliphatic carbocycles. The smallest absolute Gasteiger partial charge is 0.416 e. The predicted octanol–water partition coefficient (Wildman–Crippen LogP) is 3.63. The number of hydrogen-bond acceptors (Lipinski definition) is 3. The molecule has 0 aliphatic rings. The average Bonchev–Trinajstić information content (AvgIpc) is 2.46. The number of amides is 2. The van der Waals surface area contributed by atoms with Crippen LogP contribution >= 0.6 is 0 Å². The van der Waals surface area contributed by atoms with Gasteiger partial charge in [0.15, 0.2) is 0 Å². The third-order valence-electron chi connectivity index (χ3n) is 3.17. The number of nitrogens with one attached hydrogen (secondary N) is 2. The minimum Gasteiger partial charge on any atom is -0.492 e. The fraction of sp³-hybridized carbons (Fsp3) is 0.562. The van der Waals surface area contributed by atoms with Crippen LogP contribution in [0, 0.1) is 5.92 Å². The number of hydrogen-bond donors (Lipinski definition) is 3. The molecule has 0 bridgehead atoms. The van der Waals surface area contributed by atoms with Crippen molar-refractivity contribution in [2.24, 2.45) is 5.92 Å². The van der Waals surface area contributed by atoms with Crippen LogP contribution in [0.15, 0.2) is 18.2 Å². The van der Waals surface area contributed by atoms with Gasteiger partial charge in [0, 0.05) is 0 Å². The first-order chi connectivity index (χ1) is 11.2. The number of aliphatic hydroxyl groups excluding tert-OH is 1. The molecular formula is C16H23F3N2O3. The number of rotatable bonds is 7. The third-order valence-corrected chi connectivity index (χ3v) is 3.17. The lowest BCUT2D eigenvalue weighted by Gasteiger charge is -2.20. The van der Waals surface area contributed by atoms with Gasteiger partial charge in [0.2, 0.25) is 0 Å². The molecule has 0 aliphatic heterocycles. The standard InChI is InChI=1S/C16H23F3N2O3/c1-4-24-14-6-5-11(16(17,18)19)8-13(14)21-15(23)20-12(9-22)7-10(2)3/h5-6,8,10,12,22H,4,7,9H2,1-3H3,(H2,20,21,23). The molecule has 2 amide bonds. The number of ether oxygens (including phenoxy) is 1. The topological polar surface area (TPSA) is 70.6 Å². The average molecular weight is 348 g/mol. The minimum absolute atomic E-state index is 0.0783. The molecule has 0 saturated heterocycles. The first-order valence-electron chi connectivity index (χ1n) is 7.69. The second-order valence-electron chi connectivity index (χ2n) is 5.75. The molecule has 0 radical (unpaired) electrons. The van der Waals surface area contributed by atoms with E-state index in [2.05, 4.69) is 10.6 Å². The molecule has 1 atom stereocenters. The summed E-state index contributed by atoms with van der Waals surface area (Å²) in [6, 6.07) is 1.70. The maximum absolute atomic E-state index is 12.8. The summed E-state index contributed by atoms with van der Waals surface area (Å²) < 4.78 is 43.7. The molecule has 24 heavy (non-hydrogen) atoms. The minimum atomic E-state index is -4.52. The van der Waals surface area contributed by atoms with Crippen molar-refractivity contribution in [2.75, 3.05) is 18.5 Å². The van der Waals surface area contributed by atoms with E-state index in [1.165, 1.54) is 6.07 Å². The Bertz CT molecular complexity index is 548. The molecule has 3 N–H and O–H groups in total. The van der Waals surface area contributed by atoms with Gasteiger partial charge in [0.1, 0.15) is 5.75 Å². The van der Waals surface area contributed by atoms with E-state index in [0.29, 0.717) is 6.42 Å². The van der Waals surface area contributed by atoms with Crippen molar-refractivity contribution in [3.8, 4) is 5.75 Å². The first-order valence-corrected chi connectivity index (χ1v) is 7.69. The molecule has 1 aromatic rings. The summed E-state index contributed by atoms with van der Waals surface area (Å²) in [5.41, 5.74) is -0.965. The van der Waals surface area contributed by atoms with Gasteiger partial charge in [-0.1, -0.05) is 13.8 Å². The zero-order valence-electron chi connectivity index (χ0n) is 13.9. The summed E-state index contributed by atoms with van der Waals surface area (Å²) in [7, 11) is 0. The lowest BCUT2D eigenvalue weighted by Crippen LogP contribution is -2.41. The molecule has 0 spiro atoms. The number of halogens is 3. The fourth-order valence-corrected chi connectivity index (χ4v) is 2.18. The highest BCUT2D eigenvalue weighted by Gasteiger charge is 2.31. The second-order valence-corrected chi connectivity index (χ2v) is 5.75. The Balaban J connectivity index is 2.92. The van der Waals surface area contributed by atoms with Crippen LogP contribution in [0.2, 0.25) is 0 Å². The maximum atomic E-state index is 12.8. The van der Waals surface area contributed by atoms with Crippen molar-refractivity contribution in [1.82, 2.24) is 5.32 Å². The molecular weight excluding hydrogens is 325 g/mol. The number of alkyl halides is 3. The van der Waals surface area contributed by atoms with Crippen molar-refractivity contribution in [3.05, 3.63) is 23.8 Å². The molecule has 8 heteroatoms.